The lowest BCUT2D eigenvalue weighted by atomic mass is 9.49. The Balaban J connectivity index is 1.09. The van der Waals surface area contributed by atoms with E-state index in [2.05, 4.69) is 10.6 Å². The van der Waals surface area contributed by atoms with E-state index in [1.807, 2.05) is 0 Å². The summed E-state index contributed by atoms with van der Waals surface area (Å²) in [4.78, 5) is 24.4. The van der Waals surface area contributed by atoms with Crippen LogP contribution in [-0.2, 0) is 19.1 Å². The first kappa shape index (κ1) is 19.2. The lowest BCUT2D eigenvalue weighted by Crippen LogP contribution is -2.48. The van der Waals surface area contributed by atoms with Crippen LogP contribution >= 0.6 is 0 Å². The monoisotopic (exact) mass is 378 g/mol. The van der Waals surface area contributed by atoms with Crippen molar-refractivity contribution in [2.75, 3.05) is 32.9 Å². The van der Waals surface area contributed by atoms with Crippen LogP contribution in [0.5, 0.6) is 0 Å². The Bertz CT molecular complexity index is 509. The Morgan fingerprint density at radius 3 is 2.33 bits per heavy atom. The van der Waals surface area contributed by atoms with Gasteiger partial charge >= 0.3 is 0 Å². The highest BCUT2D eigenvalue weighted by atomic mass is 16.5. The van der Waals surface area contributed by atoms with E-state index in [0.29, 0.717) is 26.2 Å². The van der Waals surface area contributed by atoms with Gasteiger partial charge < -0.3 is 20.1 Å². The first-order chi connectivity index (χ1) is 13.1. The Morgan fingerprint density at radius 2 is 1.70 bits per heavy atom. The van der Waals surface area contributed by atoms with Gasteiger partial charge in [0, 0.05) is 26.2 Å². The molecule has 5 fully saturated rings. The molecule has 0 aromatic carbocycles. The molecule has 1 heterocycles. The maximum absolute atomic E-state index is 12.4. The predicted octanol–water partition coefficient (Wildman–Crippen LogP) is 2.02. The summed E-state index contributed by atoms with van der Waals surface area (Å²) in [6.07, 6.45) is 10.4. The highest BCUT2D eigenvalue weighted by Crippen LogP contribution is 2.61. The highest BCUT2D eigenvalue weighted by Gasteiger charge is 2.51. The van der Waals surface area contributed by atoms with E-state index in [4.69, 9.17) is 9.47 Å². The molecular formula is C21H34N2O4. The molecule has 1 aliphatic heterocycles. The molecule has 2 amide bonds. The first-order valence-corrected chi connectivity index (χ1v) is 10.8. The van der Waals surface area contributed by atoms with Crippen LogP contribution in [0.25, 0.3) is 0 Å². The van der Waals surface area contributed by atoms with Crippen molar-refractivity contribution in [3.8, 4) is 0 Å². The van der Waals surface area contributed by atoms with Crippen LogP contribution in [0.15, 0.2) is 0 Å². The van der Waals surface area contributed by atoms with E-state index in [0.717, 1.165) is 37.2 Å². The minimum atomic E-state index is -0.113. The van der Waals surface area contributed by atoms with Crippen LogP contribution in [0.3, 0.4) is 0 Å². The lowest BCUT2D eigenvalue weighted by Gasteiger charge is -2.56. The Hall–Kier alpha value is -1.14. The average molecular weight is 379 g/mol. The van der Waals surface area contributed by atoms with Crippen molar-refractivity contribution in [1.82, 2.24) is 10.6 Å². The van der Waals surface area contributed by atoms with E-state index in [1.54, 1.807) is 0 Å². The third-order valence-corrected chi connectivity index (χ3v) is 7.03. The van der Waals surface area contributed by atoms with E-state index in [-0.39, 0.29) is 29.9 Å². The molecule has 4 aliphatic carbocycles. The summed E-state index contributed by atoms with van der Waals surface area (Å²) in [6, 6.07) is 0. The number of carbonyl (C=O) groups excluding carboxylic acids is 2. The molecule has 4 saturated carbocycles. The van der Waals surface area contributed by atoms with E-state index < -0.39 is 0 Å². The molecule has 5 rings (SSSR count). The fraction of sp³-hybridized carbons (Fsp3) is 0.905. The maximum atomic E-state index is 12.4. The van der Waals surface area contributed by atoms with E-state index >= 15 is 0 Å². The largest absolute Gasteiger partial charge is 0.379 e. The highest BCUT2D eigenvalue weighted by molar-refractivity contribution is 5.84. The zero-order valence-corrected chi connectivity index (χ0v) is 16.3. The molecule has 1 unspecified atom stereocenters. The summed E-state index contributed by atoms with van der Waals surface area (Å²) in [5.41, 5.74) is 0.233. The molecule has 1 atom stereocenters. The van der Waals surface area contributed by atoms with Crippen molar-refractivity contribution >= 4 is 11.8 Å². The summed E-state index contributed by atoms with van der Waals surface area (Å²) < 4.78 is 10.9. The second kappa shape index (κ2) is 8.48. The summed E-state index contributed by atoms with van der Waals surface area (Å²) in [7, 11) is 0. The van der Waals surface area contributed by atoms with Crippen molar-refractivity contribution in [1.29, 1.82) is 0 Å². The molecule has 6 nitrogen and oxygen atoms in total. The summed E-state index contributed by atoms with van der Waals surface area (Å²) in [6.45, 7) is 2.76. The van der Waals surface area contributed by atoms with Gasteiger partial charge in [-0.25, -0.2) is 0 Å². The molecule has 152 valence electrons. The van der Waals surface area contributed by atoms with Gasteiger partial charge in [0.1, 0.15) is 0 Å². The van der Waals surface area contributed by atoms with Crippen molar-refractivity contribution < 1.29 is 19.1 Å². The van der Waals surface area contributed by atoms with Gasteiger partial charge in [0.05, 0.1) is 19.3 Å². The number of ether oxygens (including phenoxy) is 2. The van der Waals surface area contributed by atoms with Crippen LogP contribution in [0, 0.1) is 23.2 Å². The minimum absolute atomic E-state index is 0.0525. The van der Waals surface area contributed by atoms with Gasteiger partial charge in [-0.3, -0.25) is 9.59 Å². The number of carbonyl (C=O) groups is 2. The zero-order chi connectivity index (χ0) is 18.7. The summed E-state index contributed by atoms with van der Waals surface area (Å²) >= 11 is 0. The third-order valence-electron chi connectivity index (χ3n) is 7.03. The van der Waals surface area contributed by atoms with Crippen molar-refractivity contribution in [3.05, 3.63) is 0 Å². The molecule has 2 N–H and O–H groups in total. The van der Waals surface area contributed by atoms with Gasteiger partial charge in [0.25, 0.3) is 0 Å². The van der Waals surface area contributed by atoms with Crippen LogP contribution in [-0.4, -0.2) is 50.8 Å². The normalized spacial score (nSPS) is 36.7. The van der Waals surface area contributed by atoms with Gasteiger partial charge in [0.2, 0.25) is 11.8 Å². The average Bonchev–Trinajstić information content (AvgIpc) is 3.11. The second-order valence-electron chi connectivity index (χ2n) is 9.43. The molecule has 0 spiro atoms. The maximum Gasteiger partial charge on any atom is 0.239 e. The third kappa shape index (κ3) is 5.02. The van der Waals surface area contributed by atoms with Gasteiger partial charge in [-0.2, -0.15) is 0 Å². The molecule has 27 heavy (non-hydrogen) atoms. The molecule has 6 heteroatoms. The van der Waals surface area contributed by atoms with Crippen LogP contribution in [0.4, 0.5) is 0 Å². The van der Waals surface area contributed by atoms with Crippen molar-refractivity contribution in [2.45, 2.75) is 63.9 Å². The minimum Gasteiger partial charge on any atom is -0.379 e. The van der Waals surface area contributed by atoms with Crippen LogP contribution in [0.2, 0.25) is 0 Å². The Kier molecular flexibility index (Phi) is 6.02. The predicted molar refractivity (Wildman–Crippen MR) is 101 cm³/mol. The molecule has 0 radical (unpaired) electrons. The number of hydrogen-bond acceptors (Lipinski definition) is 4. The summed E-state index contributed by atoms with van der Waals surface area (Å²) in [5, 5.41) is 5.70. The standard InChI is InChI=1S/C21H34N2O4/c24-19(12-21-9-15-6-16(10-21)8-17(7-15)11-21)23-13-20(25)22-3-1-4-27-18-2-5-26-14-18/h15-18H,1-14H2,(H,22,25)(H,23,24). The molecule has 5 aliphatic rings. The van der Waals surface area contributed by atoms with Gasteiger partial charge in [-0.15, -0.1) is 0 Å². The zero-order valence-electron chi connectivity index (χ0n) is 16.3. The number of amides is 2. The number of hydrogen-bond donors (Lipinski definition) is 2. The molecule has 0 aromatic rings. The van der Waals surface area contributed by atoms with E-state index in [1.165, 1.54) is 38.5 Å². The Morgan fingerprint density at radius 1 is 1.00 bits per heavy atom. The summed E-state index contributed by atoms with van der Waals surface area (Å²) in [5.74, 6) is 2.50. The Labute approximate surface area is 162 Å². The van der Waals surface area contributed by atoms with Gasteiger partial charge in [-0.05, 0) is 74.5 Å². The SMILES string of the molecule is O=C(CNC(=O)CC12CC3CC(CC(C3)C1)C2)NCCCOC1CCOC1. The van der Waals surface area contributed by atoms with Gasteiger partial charge in [0.15, 0.2) is 0 Å². The molecule has 4 bridgehead atoms. The van der Waals surface area contributed by atoms with Crippen LogP contribution < -0.4 is 10.6 Å². The molecular weight excluding hydrogens is 344 g/mol. The van der Waals surface area contributed by atoms with E-state index in [9.17, 15) is 9.59 Å². The van der Waals surface area contributed by atoms with Crippen molar-refractivity contribution in [3.63, 3.8) is 0 Å². The number of rotatable bonds is 9. The first-order valence-electron chi connectivity index (χ1n) is 10.8. The quantitative estimate of drug-likeness (QED) is 0.602. The smallest absolute Gasteiger partial charge is 0.239 e. The fourth-order valence-corrected chi connectivity index (χ4v) is 6.35. The lowest BCUT2D eigenvalue weighted by molar-refractivity contribution is -0.131. The topological polar surface area (TPSA) is 76.7 Å². The van der Waals surface area contributed by atoms with Crippen molar-refractivity contribution in [2.24, 2.45) is 23.2 Å². The molecule has 1 saturated heterocycles. The fourth-order valence-electron chi connectivity index (χ4n) is 6.35. The molecule has 0 aromatic heterocycles. The second-order valence-corrected chi connectivity index (χ2v) is 9.43. The van der Waals surface area contributed by atoms with Crippen LogP contribution in [0.1, 0.15) is 57.8 Å². The van der Waals surface area contributed by atoms with Gasteiger partial charge in [-0.1, -0.05) is 0 Å². The number of nitrogens with one attached hydrogen (secondary N) is 2.